The van der Waals surface area contributed by atoms with Crippen molar-refractivity contribution in [3.05, 3.63) is 0 Å². The van der Waals surface area contributed by atoms with E-state index in [0.717, 1.165) is 0 Å². The molecular weight excluding hydrogens is 170 g/mol. The van der Waals surface area contributed by atoms with E-state index in [-0.39, 0.29) is 12.0 Å². The van der Waals surface area contributed by atoms with Gasteiger partial charge in [0.25, 0.3) is 0 Å². The number of esters is 1. The highest BCUT2D eigenvalue weighted by Crippen LogP contribution is 1.95. The second-order valence-corrected chi connectivity index (χ2v) is 2.97. The van der Waals surface area contributed by atoms with Crippen molar-refractivity contribution in [2.24, 2.45) is 0 Å². The summed E-state index contributed by atoms with van der Waals surface area (Å²) in [7, 11) is 0. The second-order valence-electron chi connectivity index (χ2n) is 2.97. The first-order chi connectivity index (χ1) is 6.11. The van der Waals surface area contributed by atoms with Gasteiger partial charge in [0.15, 0.2) is 0 Å². The molecule has 0 aromatic heterocycles. The minimum absolute atomic E-state index is 0.245. The number of aliphatic hydroxyl groups excluding tert-OH is 1. The molecule has 0 aliphatic carbocycles. The molecule has 0 saturated heterocycles. The molecule has 2 unspecified atom stereocenters. The Balaban J connectivity index is 3.80. The predicted molar refractivity (Wildman–Crippen MR) is 50.4 cm³/mol. The van der Waals surface area contributed by atoms with Crippen LogP contribution in [-0.4, -0.2) is 36.4 Å². The Labute approximate surface area is 79.3 Å². The Bertz CT molecular complexity index is 148. The van der Waals surface area contributed by atoms with Crippen molar-refractivity contribution < 1.29 is 14.6 Å². The fourth-order valence-electron chi connectivity index (χ4n) is 0.950. The first kappa shape index (κ1) is 12.4. The Morgan fingerprint density at radius 2 is 2.15 bits per heavy atom. The molecule has 0 fully saturated rings. The van der Waals surface area contributed by atoms with E-state index < -0.39 is 6.10 Å². The van der Waals surface area contributed by atoms with Gasteiger partial charge >= 0.3 is 5.97 Å². The van der Waals surface area contributed by atoms with E-state index in [4.69, 9.17) is 9.84 Å². The number of carbonyl (C=O) groups is 1. The maximum Gasteiger partial charge on any atom is 0.323 e. The molecule has 2 atom stereocenters. The van der Waals surface area contributed by atoms with Crippen molar-refractivity contribution in [3.63, 3.8) is 0 Å². The van der Waals surface area contributed by atoms with Gasteiger partial charge < -0.3 is 15.2 Å². The Morgan fingerprint density at radius 1 is 1.54 bits per heavy atom. The van der Waals surface area contributed by atoms with Gasteiger partial charge in [0.05, 0.1) is 12.7 Å². The van der Waals surface area contributed by atoms with Gasteiger partial charge in [-0.1, -0.05) is 6.92 Å². The lowest BCUT2D eigenvalue weighted by molar-refractivity contribution is -0.145. The molecule has 0 saturated carbocycles. The molecule has 0 aliphatic rings. The summed E-state index contributed by atoms with van der Waals surface area (Å²) < 4.78 is 4.84. The molecule has 0 aromatic carbocycles. The van der Waals surface area contributed by atoms with Gasteiger partial charge in [0, 0.05) is 6.54 Å². The lowest BCUT2D eigenvalue weighted by Gasteiger charge is -2.16. The van der Waals surface area contributed by atoms with E-state index in [0.29, 0.717) is 19.6 Å². The smallest absolute Gasteiger partial charge is 0.323 e. The van der Waals surface area contributed by atoms with E-state index in [1.54, 1.807) is 13.8 Å². The average molecular weight is 189 g/mol. The number of rotatable bonds is 6. The highest BCUT2D eigenvalue weighted by Gasteiger charge is 2.16. The quantitative estimate of drug-likeness (QED) is 0.590. The fraction of sp³-hybridized carbons (Fsp3) is 0.889. The second kappa shape index (κ2) is 6.86. The van der Waals surface area contributed by atoms with Gasteiger partial charge in [-0.2, -0.15) is 0 Å². The molecule has 0 rings (SSSR count). The van der Waals surface area contributed by atoms with Crippen LogP contribution >= 0.6 is 0 Å². The number of nitrogens with one attached hydrogen (secondary N) is 1. The minimum Gasteiger partial charge on any atom is -0.465 e. The van der Waals surface area contributed by atoms with E-state index in [1.165, 1.54) is 0 Å². The Kier molecular flexibility index (Phi) is 6.54. The first-order valence-corrected chi connectivity index (χ1v) is 4.69. The highest BCUT2D eigenvalue weighted by atomic mass is 16.5. The zero-order chi connectivity index (χ0) is 10.3. The third kappa shape index (κ3) is 5.60. The van der Waals surface area contributed by atoms with Crippen LogP contribution in [0.3, 0.4) is 0 Å². The van der Waals surface area contributed by atoms with Crippen LogP contribution in [0, 0.1) is 0 Å². The Morgan fingerprint density at radius 3 is 2.54 bits per heavy atom. The van der Waals surface area contributed by atoms with Crippen LogP contribution < -0.4 is 5.32 Å². The zero-order valence-electron chi connectivity index (χ0n) is 8.54. The third-order valence-corrected chi connectivity index (χ3v) is 1.64. The molecule has 0 aromatic rings. The maximum absolute atomic E-state index is 11.2. The molecule has 2 N–H and O–H groups in total. The van der Waals surface area contributed by atoms with Crippen LogP contribution in [0.15, 0.2) is 0 Å². The molecule has 0 bridgehead atoms. The minimum atomic E-state index is -0.441. The van der Waals surface area contributed by atoms with Gasteiger partial charge in [-0.25, -0.2) is 0 Å². The summed E-state index contributed by atoms with van der Waals surface area (Å²) >= 11 is 0. The van der Waals surface area contributed by atoms with E-state index >= 15 is 0 Å². The fourth-order valence-corrected chi connectivity index (χ4v) is 0.950. The molecule has 4 heteroatoms. The average Bonchev–Trinajstić information content (AvgIpc) is 2.05. The van der Waals surface area contributed by atoms with Crippen LogP contribution in [0.4, 0.5) is 0 Å². The lowest BCUT2D eigenvalue weighted by Crippen LogP contribution is -2.40. The number of carbonyl (C=O) groups excluding carboxylic acids is 1. The lowest BCUT2D eigenvalue weighted by atomic mass is 10.2. The van der Waals surface area contributed by atoms with Crippen molar-refractivity contribution in [1.29, 1.82) is 0 Å². The van der Waals surface area contributed by atoms with Gasteiger partial charge in [0.1, 0.15) is 6.04 Å². The molecule has 13 heavy (non-hydrogen) atoms. The molecule has 0 aliphatic heterocycles. The van der Waals surface area contributed by atoms with Crippen molar-refractivity contribution in [1.82, 2.24) is 5.32 Å². The number of ether oxygens (including phenoxy) is 1. The normalized spacial score (nSPS) is 15.1. The summed E-state index contributed by atoms with van der Waals surface area (Å²) in [4.78, 5) is 11.2. The first-order valence-electron chi connectivity index (χ1n) is 4.69. The summed E-state index contributed by atoms with van der Waals surface area (Å²) in [5.41, 5.74) is 0. The van der Waals surface area contributed by atoms with Crippen LogP contribution in [0.2, 0.25) is 0 Å². The van der Waals surface area contributed by atoms with Crippen molar-refractivity contribution in [2.45, 2.75) is 39.3 Å². The SMILES string of the molecule is CCOC(=O)C(CC)NCC(C)O. The summed E-state index contributed by atoms with van der Waals surface area (Å²) in [5, 5.41) is 11.9. The molecule has 0 spiro atoms. The highest BCUT2D eigenvalue weighted by molar-refractivity contribution is 5.75. The standard InChI is InChI=1S/C9H19NO3/c1-4-8(9(12)13-5-2)10-6-7(3)11/h7-8,10-11H,4-6H2,1-3H3. The molecule has 0 amide bonds. The largest absolute Gasteiger partial charge is 0.465 e. The third-order valence-electron chi connectivity index (χ3n) is 1.64. The van der Waals surface area contributed by atoms with Crippen molar-refractivity contribution in [2.75, 3.05) is 13.2 Å². The van der Waals surface area contributed by atoms with Crippen LogP contribution in [0.25, 0.3) is 0 Å². The molecule has 78 valence electrons. The number of aliphatic hydroxyl groups is 1. The van der Waals surface area contributed by atoms with Crippen LogP contribution in [0.1, 0.15) is 27.2 Å². The van der Waals surface area contributed by atoms with E-state index in [9.17, 15) is 4.79 Å². The Hall–Kier alpha value is -0.610. The van der Waals surface area contributed by atoms with Crippen molar-refractivity contribution >= 4 is 5.97 Å². The molecular formula is C9H19NO3. The maximum atomic E-state index is 11.2. The monoisotopic (exact) mass is 189 g/mol. The van der Waals surface area contributed by atoms with Gasteiger partial charge in [0.2, 0.25) is 0 Å². The summed E-state index contributed by atoms with van der Waals surface area (Å²) in [5.74, 6) is -0.245. The summed E-state index contributed by atoms with van der Waals surface area (Å²) in [6.45, 7) is 6.16. The summed E-state index contributed by atoms with van der Waals surface area (Å²) in [6.07, 6.45) is 0.231. The molecule has 4 nitrogen and oxygen atoms in total. The summed E-state index contributed by atoms with van der Waals surface area (Å²) in [6, 6.07) is -0.297. The van der Waals surface area contributed by atoms with Gasteiger partial charge in [-0.3, -0.25) is 4.79 Å². The molecule has 0 radical (unpaired) electrons. The van der Waals surface area contributed by atoms with Gasteiger partial charge in [-0.15, -0.1) is 0 Å². The molecule has 0 heterocycles. The van der Waals surface area contributed by atoms with Crippen LogP contribution in [-0.2, 0) is 9.53 Å². The van der Waals surface area contributed by atoms with Crippen LogP contribution in [0.5, 0.6) is 0 Å². The number of hydrogen-bond acceptors (Lipinski definition) is 4. The van der Waals surface area contributed by atoms with Crippen molar-refractivity contribution in [3.8, 4) is 0 Å². The van der Waals surface area contributed by atoms with Gasteiger partial charge in [-0.05, 0) is 20.3 Å². The number of hydrogen-bond donors (Lipinski definition) is 2. The van der Waals surface area contributed by atoms with E-state index in [1.807, 2.05) is 6.92 Å². The zero-order valence-corrected chi connectivity index (χ0v) is 8.54. The van der Waals surface area contributed by atoms with E-state index in [2.05, 4.69) is 5.32 Å². The predicted octanol–water partition coefficient (Wildman–Crippen LogP) is 0.299. The topological polar surface area (TPSA) is 58.6 Å².